The number of amides is 1. The number of aryl methyl sites for hydroxylation is 2. The zero-order chi connectivity index (χ0) is 19.7. The van der Waals surface area contributed by atoms with Crippen LogP contribution < -0.4 is 5.32 Å². The lowest BCUT2D eigenvalue weighted by molar-refractivity contribution is -0.389. The molecule has 9 nitrogen and oxygen atoms in total. The number of carbonyl (C=O) groups excluding carboxylic acids is 1. The van der Waals surface area contributed by atoms with Gasteiger partial charge in [-0.1, -0.05) is 5.16 Å². The molecule has 2 heterocycles. The van der Waals surface area contributed by atoms with Crippen molar-refractivity contribution in [3.8, 4) is 0 Å². The Morgan fingerprint density at radius 1 is 1.33 bits per heavy atom. The minimum atomic E-state index is -0.941. The van der Waals surface area contributed by atoms with Crippen LogP contribution in [0.1, 0.15) is 27.5 Å². The summed E-state index contributed by atoms with van der Waals surface area (Å²) >= 11 is 0. The molecule has 0 spiro atoms. The predicted molar refractivity (Wildman–Crippen MR) is 88.3 cm³/mol. The van der Waals surface area contributed by atoms with Crippen molar-refractivity contribution in [1.82, 2.24) is 14.9 Å². The maximum atomic E-state index is 13.7. The van der Waals surface area contributed by atoms with E-state index in [9.17, 15) is 23.7 Å². The van der Waals surface area contributed by atoms with Gasteiger partial charge in [0.2, 0.25) is 0 Å². The van der Waals surface area contributed by atoms with Gasteiger partial charge < -0.3 is 20.0 Å². The summed E-state index contributed by atoms with van der Waals surface area (Å²) in [6.45, 7) is 3.17. The number of nitrogens with one attached hydrogen (secondary N) is 1. The van der Waals surface area contributed by atoms with E-state index >= 15 is 0 Å². The SMILES string of the molecule is Cc1onc(C(=O)Nc2ccc(F)cc2F)c1Cn1nc([N+](=O)[O-])cc1C. The van der Waals surface area contributed by atoms with E-state index in [0.717, 1.165) is 12.1 Å². The van der Waals surface area contributed by atoms with Crippen LogP contribution in [0.25, 0.3) is 0 Å². The maximum Gasteiger partial charge on any atom is 0.390 e. The molecule has 11 heteroatoms. The van der Waals surface area contributed by atoms with Crippen LogP contribution in [-0.4, -0.2) is 25.8 Å². The molecule has 0 bridgehead atoms. The number of nitro groups is 1. The molecule has 0 saturated carbocycles. The fourth-order valence-corrected chi connectivity index (χ4v) is 2.42. The highest BCUT2D eigenvalue weighted by Gasteiger charge is 2.24. The first-order chi connectivity index (χ1) is 12.8. The lowest BCUT2D eigenvalue weighted by atomic mass is 10.1. The van der Waals surface area contributed by atoms with Crippen molar-refractivity contribution in [3.63, 3.8) is 0 Å². The molecule has 0 radical (unpaired) electrons. The number of halogens is 2. The molecule has 0 saturated heterocycles. The average molecular weight is 377 g/mol. The molecule has 0 fully saturated rings. The van der Waals surface area contributed by atoms with Crippen molar-refractivity contribution in [2.45, 2.75) is 20.4 Å². The Morgan fingerprint density at radius 2 is 2.07 bits per heavy atom. The predicted octanol–water partition coefficient (Wildman–Crippen LogP) is 2.97. The molecule has 3 aromatic rings. The Hall–Kier alpha value is -3.63. The van der Waals surface area contributed by atoms with Crippen molar-refractivity contribution in [2.24, 2.45) is 0 Å². The fourth-order valence-electron chi connectivity index (χ4n) is 2.42. The highest BCUT2D eigenvalue weighted by Crippen LogP contribution is 2.21. The van der Waals surface area contributed by atoms with Crippen LogP contribution in [0.4, 0.5) is 20.3 Å². The van der Waals surface area contributed by atoms with Crippen LogP contribution in [0, 0.1) is 35.6 Å². The first kappa shape index (κ1) is 18.2. The van der Waals surface area contributed by atoms with Gasteiger partial charge in [-0.3, -0.25) is 4.79 Å². The second-order valence-corrected chi connectivity index (χ2v) is 5.70. The van der Waals surface area contributed by atoms with Crippen molar-refractivity contribution in [1.29, 1.82) is 0 Å². The largest absolute Gasteiger partial charge is 0.390 e. The number of benzene rings is 1. The van der Waals surface area contributed by atoms with Crippen LogP contribution in [0.15, 0.2) is 28.8 Å². The number of carbonyl (C=O) groups is 1. The van der Waals surface area contributed by atoms with Crippen molar-refractivity contribution < 1.29 is 23.0 Å². The van der Waals surface area contributed by atoms with E-state index in [1.165, 1.54) is 10.7 Å². The molecule has 0 aliphatic carbocycles. The number of rotatable bonds is 5. The summed E-state index contributed by atoms with van der Waals surface area (Å²) in [6.07, 6.45) is 0. The molecular weight excluding hydrogens is 364 g/mol. The molecular formula is C16H13F2N5O4. The number of nitrogens with zero attached hydrogens (tertiary/aromatic N) is 4. The van der Waals surface area contributed by atoms with Crippen molar-refractivity contribution in [3.05, 3.63) is 68.7 Å². The fraction of sp³-hybridized carbons (Fsp3) is 0.188. The number of hydrogen-bond acceptors (Lipinski definition) is 6. The normalized spacial score (nSPS) is 10.8. The molecule has 0 aliphatic rings. The number of aromatic nitrogens is 3. The average Bonchev–Trinajstić information content (AvgIpc) is 3.14. The van der Waals surface area contributed by atoms with E-state index in [1.807, 2.05) is 0 Å². The summed E-state index contributed by atoms with van der Waals surface area (Å²) < 4.78 is 33.1. The first-order valence-electron chi connectivity index (χ1n) is 7.66. The van der Waals surface area contributed by atoms with Gasteiger partial charge in [0, 0.05) is 6.07 Å². The molecule has 0 atom stereocenters. The highest BCUT2D eigenvalue weighted by atomic mass is 19.1. The molecule has 1 amide bonds. The Morgan fingerprint density at radius 3 is 2.70 bits per heavy atom. The zero-order valence-corrected chi connectivity index (χ0v) is 14.2. The van der Waals surface area contributed by atoms with Gasteiger partial charge in [-0.25, -0.2) is 8.78 Å². The van der Waals surface area contributed by atoms with Gasteiger partial charge in [0.05, 0.1) is 34.7 Å². The molecule has 0 unspecified atom stereocenters. The Labute approximate surface area is 150 Å². The van der Waals surface area contributed by atoms with Crippen LogP contribution in [0.5, 0.6) is 0 Å². The molecule has 3 rings (SSSR count). The van der Waals surface area contributed by atoms with Crippen molar-refractivity contribution >= 4 is 17.4 Å². The van der Waals surface area contributed by atoms with Crippen LogP contribution in [-0.2, 0) is 6.54 Å². The van der Waals surface area contributed by atoms with Gasteiger partial charge in [-0.05, 0) is 30.9 Å². The standard InChI is InChI=1S/C16H13F2N5O4/c1-8-5-14(23(25)26)20-22(8)7-11-9(2)27-21-15(11)16(24)19-13-4-3-10(17)6-12(13)18/h3-6H,7H2,1-2H3,(H,19,24). The Kier molecular flexibility index (Phi) is 4.67. The summed E-state index contributed by atoms with van der Waals surface area (Å²) in [5, 5.41) is 20.6. The minimum absolute atomic E-state index is 0.0103. The van der Waals surface area contributed by atoms with Gasteiger partial charge in [0.1, 0.15) is 17.4 Å². The van der Waals surface area contributed by atoms with Gasteiger partial charge in [0.15, 0.2) is 5.69 Å². The van der Waals surface area contributed by atoms with Crippen LogP contribution in [0.2, 0.25) is 0 Å². The quantitative estimate of drug-likeness (QED) is 0.540. The van der Waals surface area contributed by atoms with Gasteiger partial charge in [-0.15, -0.1) is 0 Å². The monoisotopic (exact) mass is 377 g/mol. The number of hydrogen-bond donors (Lipinski definition) is 1. The maximum absolute atomic E-state index is 13.7. The van der Waals surface area contributed by atoms with E-state index in [0.29, 0.717) is 23.1 Å². The summed E-state index contributed by atoms with van der Waals surface area (Å²) in [7, 11) is 0. The van der Waals surface area contributed by atoms with E-state index < -0.39 is 22.5 Å². The van der Waals surface area contributed by atoms with E-state index in [1.54, 1.807) is 13.8 Å². The van der Waals surface area contributed by atoms with E-state index in [-0.39, 0.29) is 23.7 Å². The van der Waals surface area contributed by atoms with E-state index in [4.69, 9.17) is 4.52 Å². The zero-order valence-electron chi connectivity index (χ0n) is 14.2. The lowest BCUT2D eigenvalue weighted by Crippen LogP contribution is -2.17. The Balaban J connectivity index is 1.88. The van der Waals surface area contributed by atoms with Crippen LogP contribution >= 0.6 is 0 Å². The first-order valence-corrected chi connectivity index (χ1v) is 7.66. The van der Waals surface area contributed by atoms with Gasteiger partial charge in [-0.2, -0.15) is 4.68 Å². The highest BCUT2D eigenvalue weighted by molar-refractivity contribution is 6.04. The molecule has 1 N–H and O–H groups in total. The van der Waals surface area contributed by atoms with Crippen LogP contribution in [0.3, 0.4) is 0 Å². The number of anilines is 1. The third-order valence-electron chi connectivity index (χ3n) is 3.84. The minimum Gasteiger partial charge on any atom is -0.361 e. The topological polar surface area (TPSA) is 116 Å². The summed E-state index contributed by atoms with van der Waals surface area (Å²) in [5.41, 5.74) is 0.474. The van der Waals surface area contributed by atoms with Crippen molar-refractivity contribution in [2.75, 3.05) is 5.32 Å². The second kappa shape index (κ2) is 6.94. The Bertz CT molecular complexity index is 1040. The molecule has 27 heavy (non-hydrogen) atoms. The molecule has 1 aromatic carbocycles. The summed E-state index contributed by atoms with van der Waals surface area (Å²) in [6, 6.07) is 4.00. The van der Waals surface area contributed by atoms with Gasteiger partial charge >= 0.3 is 5.82 Å². The smallest absolute Gasteiger partial charge is 0.361 e. The second-order valence-electron chi connectivity index (χ2n) is 5.70. The molecule has 2 aromatic heterocycles. The third-order valence-corrected chi connectivity index (χ3v) is 3.84. The third kappa shape index (κ3) is 3.66. The molecule has 0 aliphatic heterocycles. The molecule has 140 valence electrons. The summed E-state index contributed by atoms with van der Waals surface area (Å²) in [5.74, 6) is -2.52. The lowest BCUT2D eigenvalue weighted by Gasteiger charge is -2.06. The van der Waals surface area contributed by atoms with E-state index in [2.05, 4.69) is 15.6 Å². The summed E-state index contributed by atoms with van der Waals surface area (Å²) in [4.78, 5) is 22.7. The van der Waals surface area contributed by atoms with Gasteiger partial charge in [0.25, 0.3) is 5.91 Å².